The molecule has 0 heterocycles. The molecular weight excluding hydrogens is 266 g/mol. The molecular formula is C17H17NO3. The summed E-state index contributed by atoms with van der Waals surface area (Å²) >= 11 is 0. The average Bonchev–Trinajstić information content (AvgIpc) is 2.52. The number of hydrogen-bond acceptors (Lipinski definition) is 4. The van der Waals surface area contributed by atoms with Crippen molar-refractivity contribution < 1.29 is 14.6 Å². The molecule has 0 aliphatic carbocycles. The van der Waals surface area contributed by atoms with Gasteiger partial charge in [-0.1, -0.05) is 18.2 Å². The summed E-state index contributed by atoms with van der Waals surface area (Å²) < 4.78 is 11.0. The van der Waals surface area contributed by atoms with E-state index in [0.717, 1.165) is 11.1 Å². The molecule has 0 aliphatic heterocycles. The summed E-state index contributed by atoms with van der Waals surface area (Å²) in [6.45, 7) is 2.04. The molecule has 2 aromatic rings. The minimum Gasteiger partial charge on any atom is -0.493 e. The van der Waals surface area contributed by atoms with Gasteiger partial charge in [0.1, 0.15) is 6.61 Å². The molecule has 4 heteroatoms. The van der Waals surface area contributed by atoms with Gasteiger partial charge in [0.15, 0.2) is 11.5 Å². The fourth-order valence-electron chi connectivity index (χ4n) is 1.96. The first-order valence-electron chi connectivity index (χ1n) is 6.62. The molecule has 0 unspecified atom stereocenters. The predicted molar refractivity (Wildman–Crippen MR) is 79.1 cm³/mol. The number of nitriles is 1. The van der Waals surface area contributed by atoms with Crippen molar-refractivity contribution in [3.8, 4) is 17.6 Å². The molecule has 0 saturated heterocycles. The number of nitrogens with zero attached hydrogens (tertiary/aromatic N) is 1. The molecule has 0 bridgehead atoms. The minimum atomic E-state index is -0.555. The van der Waals surface area contributed by atoms with E-state index in [1.165, 1.54) is 0 Å². The van der Waals surface area contributed by atoms with Crippen LogP contribution < -0.4 is 9.47 Å². The highest BCUT2D eigenvalue weighted by atomic mass is 16.5. The lowest BCUT2D eigenvalue weighted by Gasteiger charge is -2.13. The van der Waals surface area contributed by atoms with Crippen molar-refractivity contribution in [2.75, 3.05) is 7.11 Å². The number of methoxy groups -OCH3 is 1. The SMILES string of the molecule is COc1cc([C@H](C)O)ccc1OCc1cccc(C#N)c1. The van der Waals surface area contributed by atoms with Crippen LogP contribution in [0.5, 0.6) is 11.5 Å². The Bertz CT molecular complexity index is 659. The van der Waals surface area contributed by atoms with E-state index < -0.39 is 6.10 Å². The topological polar surface area (TPSA) is 62.5 Å². The quantitative estimate of drug-likeness (QED) is 0.915. The molecule has 0 radical (unpaired) electrons. The zero-order valence-corrected chi connectivity index (χ0v) is 12.0. The van der Waals surface area contributed by atoms with Crippen molar-refractivity contribution in [2.45, 2.75) is 19.6 Å². The highest BCUT2D eigenvalue weighted by Gasteiger charge is 2.09. The second-order valence-electron chi connectivity index (χ2n) is 4.69. The van der Waals surface area contributed by atoms with Crippen LogP contribution in [0.2, 0.25) is 0 Å². The van der Waals surface area contributed by atoms with Gasteiger partial charge in [-0.15, -0.1) is 0 Å². The Kier molecular flexibility index (Phi) is 4.81. The first-order valence-corrected chi connectivity index (χ1v) is 6.62. The molecule has 0 saturated carbocycles. The van der Waals surface area contributed by atoms with Crippen LogP contribution in [0.1, 0.15) is 29.7 Å². The lowest BCUT2D eigenvalue weighted by Crippen LogP contribution is -1.99. The Morgan fingerprint density at radius 2 is 2.00 bits per heavy atom. The van der Waals surface area contributed by atoms with Gasteiger partial charge < -0.3 is 14.6 Å². The Labute approximate surface area is 124 Å². The number of aliphatic hydroxyl groups is 1. The largest absolute Gasteiger partial charge is 0.493 e. The third-order valence-electron chi connectivity index (χ3n) is 3.12. The summed E-state index contributed by atoms with van der Waals surface area (Å²) in [7, 11) is 1.56. The Morgan fingerprint density at radius 3 is 2.67 bits per heavy atom. The average molecular weight is 283 g/mol. The first-order chi connectivity index (χ1) is 10.1. The fourth-order valence-corrected chi connectivity index (χ4v) is 1.96. The van der Waals surface area contributed by atoms with Crippen LogP contribution >= 0.6 is 0 Å². The molecule has 0 fully saturated rings. The summed E-state index contributed by atoms with van der Waals surface area (Å²) in [5.74, 6) is 1.18. The van der Waals surface area contributed by atoms with Gasteiger partial charge in [0.05, 0.1) is 24.8 Å². The van der Waals surface area contributed by atoms with Crippen molar-refractivity contribution in [3.05, 3.63) is 59.2 Å². The highest BCUT2D eigenvalue weighted by molar-refractivity contribution is 5.43. The third kappa shape index (κ3) is 3.74. The Morgan fingerprint density at radius 1 is 1.19 bits per heavy atom. The summed E-state index contributed by atoms with van der Waals surface area (Å²) in [6, 6.07) is 14.7. The number of rotatable bonds is 5. The zero-order chi connectivity index (χ0) is 15.2. The second-order valence-corrected chi connectivity index (χ2v) is 4.69. The summed E-state index contributed by atoms with van der Waals surface area (Å²) in [5, 5.41) is 18.5. The molecule has 0 aliphatic rings. The molecule has 0 spiro atoms. The molecule has 4 nitrogen and oxygen atoms in total. The van der Waals surface area contributed by atoms with Crippen LogP contribution in [0.15, 0.2) is 42.5 Å². The molecule has 1 N–H and O–H groups in total. The Balaban J connectivity index is 2.14. The minimum absolute atomic E-state index is 0.347. The highest BCUT2D eigenvalue weighted by Crippen LogP contribution is 2.30. The molecule has 0 aromatic heterocycles. The smallest absolute Gasteiger partial charge is 0.161 e. The van der Waals surface area contributed by atoms with Gasteiger partial charge in [-0.25, -0.2) is 0 Å². The standard InChI is InChI=1S/C17H17NO3/c1-12(19)15-6-7-16(17(9-15)20-2)21-11-14-5-3-4-13(8-14)10-18/h3-9,12,19H,11H2,1-2H3/t12-/m0/s1. The molecule has 21 heavy (non-hydrogen) atoms. The van der Waals surface area contributed by atoms with Gasteiger partial charge in [-0.05, 0) is 42.3 Å². The fraction of sp³-hybridized carbons (Fsp3) is 0.235. The molecule has 1 atom stereocenters. The van der Waals surface area contributed by atoms with Crippen LogP contribution in [0.25, 0.3) is 0 Å². The van der Waals surface area contributed by atoms with E-state index in [9.17, 15) is 5.11 Å². The maximum atomic E-state index is 9.57. The number of aliphatic hydroxyl groups excluding tert-OH is 1. The van der Waals surface area contributed by atoms with E-state index in [0.29, 0.717) is 23.7 Å². The van der Waals surface area contributed by atoms with E-state index in [-0.39, 0.29) is 0 Å². The number of benzene rings is 2. The van der Waals surface area contributed by atoms with Crippen LogP contribution in [-0.2, 0) is 6.61 Å². The lowest BCUT2D eigenvalue weighted by atomic mass is 10.1. The van der Waals surface area contributed by atoms with E-state index >= 15 is 0 Å². The molecule has 2 rings (SSSR count). The zero-order valence-electron chi connectivity index (χ0n) is 12.0. The van der Waals surface area contributed by atoms with Gasteiger partial charge >= 0.3 is 0 Å². The second kappa shape index (κ2) is 6.78. The number of ether oxygens (including phenoxy) is 2. The lowest BCUT2D eigenvalue weighted by molar-refractivity contribution is 0.198. The van der Waals surface area contributed by atoms with Crippen LogP contribution in [-0.4, -0.2) is 12.2 Å². The van der Waals surface area contributed by atoms with E-state index in [1.54, 1.807) is 44.4 Å². The van der Waals surface area contributed by atoms with Crippen molar-refractivity contribution in [1.82, 2.24) is 0 Å². The summed E-state index contributed by atoms with van der Waals surface area (Å²) in [6.07, 6.45) is -0.555. The molecule has 0 amide bonds. The number of hydrogen-bond donors (Lipinski definition) is 1. The predicted octanol–water partition coefficient (Wildman–Crippen LogP) is 3.20. The molecule has 108 valence electrons. The normalized spacial score (nSPS) is 11.5. The van der Waals surface area contributed by atoms with Gasteiger partial charge in [0, 0.05) is 0 Å². The maximum Gasteiger partial charge on any atom is 0.161 e. The van der Waals surface area contributed by atoms with Gasteiger partial charge in [-0.2, -0.15) is 5.26 Å². The van der Waals surface area contributed by atoms with Gasteiger partial charge in [0.25, 0.3) is 0 Å². The monoisotopic (exact) mass is 283 g/mol. The van der Waals surface area contributed by atoms with Crippen molar-refractivity contribution in [3.63, 3.8) is 0 Å². The Hall–Kier alpha value is -2.51. The van der Waals surface area contributed by atoms with Gasteiger partial charge in [-0.3, -0.25) is 0 Å². The van der Waals surface area contributed by atoms with Crippen LogP contribution in [0.4, 0.5) is 0 Å². The van der Waals surface area contributed by atoms with Crippen LogP contribution in [0, 0.1) is 11.3 Å². The summed E-state index contributed by atoms with van der Waals surface area (Å²) in [5.41, 5.74) is 2.29. The van der Waals surface area contributed by atoms with E-state index in [1.807, 2.05) is 12.1 Å². The summed E-state index contributed by atoms with van der Waals surface area (Å²) in [4.78, 5) is 0. The van der Waals surface area contributed by atoms with Crippen LogP contribution in [0.3, 0.4) is 0 Å². The van der Waals surface area contributed by atoms with E-state index in [4.69, 9.17) is 14.7 Å². The van der Waals surface area contributed by atoms with Crippen molar-refractivity contribution >= 4 is 0 Å². The van der Waals surface area contributed by atoms with Crippen molar-refractivity contribution in [1.29, 1.82) is 5.26 Å². The van der Waals surface area contributed by atoms with E-state index in [2.05, 4.69) is 6.07 Å². The van der Waals surface area contributed by atoms with Gasteiger partial charge in [0.2, 0.25) is 0 Å². The van der Waals surface area contributed by atoms with Crippen molar-refractivity contribution in [2.24, 2.45) is 0 Å². The third-order valence-corrected chi connectivity index (χ3v) is 3.12. The molecule has 2 aromatic carbocycles. The maximum absolute atomic E-state index is 9.57. The first kappa shape index (κ1) is 14.9.